The molecule has 0 aromatic heterocycles. The third-order valence-corrected chi connectivity index (χ3v) is 4.96. The zero-order valence-corrected chi connectivity index (χ0v) is 14.0. The summed E-state index contributed by atoms with van der Waals surface area (Å²) in [5, 5.41) is 24.5. The number of hydrogen-bond acceptors (Lipinski definition) is 3. The molecule has 0 aliphatic carbocycles. The number of piperidine rings is 1. The van der Waals surface area contributed by atoms with Crippen LogP contribution in [0.15, 0.2) is 60.7 Å². The van der Waals surface area contributed by atoms with E-state index < -0.39 is 12.2 Å². The van der Waals surface area contributed by atoms with Gasteiger partial charge in [0.15, 0.2) is 0 Å². The minimum atomic E-state index is -0.429. The normalized spacial score (nSPS) is 23.6. The molecule has 0 saturated carbocycles. The van der Waals surface area contributed by atoms with Gasteiger partial charge < -0.3 is 15.5 Å². The second-order valence-corrected chi connectivity index (χ2v) is 6.82. The van der Waals surface area contributed by atoms with Crippen molar-refractivity contribution in [3.8, 4) is 0 Å². The van der Waals surface area contributed by atoms with Gasteiger partial charge in [0.1, 0.15) is 0 Å². The van der Waals surface area contributed by atoms with Crippen LogP contribution in [-0.4, -0.2) is 22.3 Å². The minimum Gasteiger partial charge on any atom is -0.388 e. The number of aliphatic hydroxyl groups excluding tert-OH is 2. The molecule has 0 amide bonds. The van der Waals surface area contributed by atoms with Crippen LogP contribution in [0.4, 0.5) is 0 Å². The zero-order valence-electron chi connectivity index (χ0n) is 14.0. The van der Waals surface area contributed by atoms with Gasteiger partial charge in [-0.25, -0.2) is 0 Å². The van der Waals surface area contributed by atoms with Crippen molar-refractivity contribution in [2.75, 3.05) is 0 Å². The highest BCUT2D eigenvalue weighted by molar-refractivity contribution is 5.18. The number of aliphatic hydroxyl groups is 2. The van der Waals surface area contributed by atoms with Gasteiger partial charge in [-0.1, -0.05) is 67.1 Å². The van der Waals surface area contributed by atoms with Gasteiger partial charge in [-0.05, 0) is 36.8 Å². The highest BCUT2D eigenvalue weighted by atomic mass is 16.3. The lowest BCUT2D eigenvalue weighted by Crippen LogP contribution is -2.43. The first-order chi connectivity index (χ1) is 11.7. The Labute approximate surface area is 144 Å². The summed E-state index contributed by atoms with van der Waals surface area (Å²) >= 11 is 0. The van der Waals surface area contributed by atoms with Crippen molar-refractivity contribution in [3.05, 3.63) is 71.8 Å². The molecule has 3 heteroatoms. The Bertz CT molecular complexity index is 548. The van der Waals surface area contributed by atoms with Gasteiger partial charge in [-0.15, -0.1) is 0 Å². The van der Waals surface area contributed by atoms with Crippen molar-refractivity contribution >= 4 is 0 Å². The van der Waals surface area contributed by atoms with Crippen LogP contribution in [0.2, 0.25) is 0 Å². The van der Waals surface area contributed by atoms with Crippen molar-refractivity contribution < 1.29 is 10.2 Å². The topological polar surface area (TPSA) is 52.5 Å². The largest absolute Gasteiger partial charge is 0.388 e. The van der Waals surface area contributed by atoms with Crippen molar-refractivity contribution in [2.45, 2.75) is 56.4 Å². The van der Waals surface area contributed by atoms with Crippen LogP contribution in [0.1, 0.15) is 55.4 Å². The molecule has 1 aliphatic rings. The molecule has 1 fully saturated rings. The van der Waals surface area contributed by atoms with Gasteiger partial charge in [-0.2, -0.15) is 0 Å². The standard InChI is InChI=1S/C21H27NO2/c23-20(16-8-3-1-4-9-16)14-18-12-7-13-19(22-18)15-21(24)17-10-5-2-6-11-17/h1-6,8-11,18-24H,7,12-15H2/t18-,19+,20-,21+. The summed E-state index contributed by atoms with van der Waals surface area (Å²) in [7, 11) is 0. The molecule has 3 N–H and O–H groups in total. The molecule has 1 aliphatic heterocycles. The molecular weight excluding hydrogens is 298 g/mol. The van der Waals surface area contributed by atoms with Crippen LogP contribution in [0.5, 0.6) is 0 Å². The second-order valence-electron chi connectivity index (χ2n) is 6.82. The lowest BCUT2D eigenvalue weighted by Gasteiger charge is -2.33. The van der Waals surface area contributed by atoms with Crippen LogP contribution >= 0.6 is 0 Å². The first-order valence-electron chi connectivity index (χ1n) is 8.94. The molecule has 2 aromatic carbocycles. The third-order valence-electron chi connectivity index (χ3n) is 4.96. The van der Waals surface area contributed by atoms with Gasteiger partial charge in [0.2, 0.25) is 0 Å². The van der Waals surface area contributed by atoms with E-state index in [0.29, 0.717) is 12.1 Å². The summed E-state index contributed by atoms with van der Waals surface area (Å²) in [6.45, 7) is 0. The molecule has 2 aromatic rings. The van der Waals surface area contributed by atoms with E-state index in [2.05, 4.69) is 5.32 Å². The van der Waals surface area contributed by atoms with Crippen molar-refractivity contribution in [1.82, 2.24) is 5.32 Å². The summed E-state index contributed by atoms with van der Waals surface area (Å²) in [6, 6.07) is 20.3. The fraction of sp³-hybridized carbons (Fsp3) is 0.429. The summed E-state index contributed by atoms with van der Waals surface area (Å²) in [5.74, 6) is 0. The maximum Gasteiger partial charge on any atom is 0.0804 e. The van der Waals surface area contributed by atoms with E-state index in [1.807, 2.05) is 60.7 Å². The first-order valence-corrected chi connectivity index (χ1v) is 8.94. The molecular formula is C21H27NO2. The van der Waals surface area contributed by atoms with E-state index in [9.17, 15) is 10.2 Å². The highest BCUT2D eigenvalue weighted by Crippen LogP contribution is 2.27. The Morgan fingerprint density at radius 1 is 0.750 bits per heavy atom. The average molecular weight is 325 g/mol. The third kappa shape index (κ3) is 4.67. The van der Waals surface area contributed by atoms with Gasteiger partial charge in [0.25, 0.3) is 0 Å². The van der Waals surface area contributed by atoms with Crippen LogP contribution < -0.4 is 5.32 Å². The van der Waals surface area contributed by atoms with Gasteiger partial charge in [0, 0.05) is 12.1 Å². The summed E-state index contributed by atoms with van der Waals surface area (Å²) in [5.41, 5.74) is 1.96. The highest BCUT2D eigenvalue weighted by Gasteiger charge is 2.25. The van der Waals surface area contributed by atoms with E-state index in [0.717, 1.165) is 43.2 Å². The fourth-order valence-corrected chi connectivity index (χ4v) is 3.64. The van der Waals surface area contributed by atoms with Crippen molar-refractivity contribution in [1.29, 1.82) is 0 Å². The van der Waals surface area contributed by atoms with Crippen molar-refractivity contribution in [2.24, 2.45) is 0 Å². The maximum absolute atomic E-state index is 10.4. The smallest absolute Gasteiger partial charge is 0.0804 e. The Hall–Kier alpha value is -1.68. The molecule has 3 rings (SSSR count). The number of benzene rings is 2. The predicted octanol–water partition coefficient (Wildman–Crippen LogP) is 3.74. The molecule has 1 saturated heterocycles. The number of rotatable bonds is 6. The Morgan fingerprint density at radius 2 is 1.17 bits per heavy atom. The number of nitrogens with one attached hydrogen (secondary N) is 1. The van der Waals surface area contributed by atoms with Crippen LogP contribution in [0.3, 0.4) is 0 Å². The van der Waals surface area contributed by atoms with E-state index in [-0.39, 0.29) is 0 Å². The van der Waals surface area contributed by atoms with Crippen LogP contribution in [-0.2, 0) is 0 Å². The van der Waals surface area contributed by atoms with E-state index in [1.54, 1.807) is 0 Å². The monoisotopic (exact) mass is 325 g/mol. The molecule has 1 heterocycles. The molecule has 3 nitrogen and oxygen atoms in total. The second kappa shape index (κ2) is 8.43. The fourth-order valence-electron chi connectivity index (χ4n) is 3.64. The van der Waals surface area contributed by atoms with Gasteiger partial charge in [0.05, 0.1) is 12.2 Å². The first kappa shape index (κ1) is 17.2. The molecule has 0 spiro atoms. The summed E-state index contributed by atoms with van der Waals surface area (Å²) in [6.07, 6.45) is 3.90. The predicted molar refractivity (Wildman–Crippen MR) is 96.6 cm³/mol. The van der Waals surface area contributed by atoms with Crippen molar-refractivity contribution in [3.63, 3.8) is 0 Å². The Balaban J connectivity index is 1.53. The minimum absolute atomic E-state index is 0.307. The lowest BCUT2D eigenvalue weighted by atomic mass is 9.89. The Morgan fingerprint density at radius 3 is 1.58 bits per heavy atom. The molecule has 0 radical (unpaired) electrons. The van der Waals surface area contributed by atoms with Gasteiger partial charge >= 0.3 is 0 Å². The van der Waals surface area contributed by atoms with E-state index in [4.69, 9.17) is 0 Å². The summed E-state index contributed by atoms with van der Waals surface area (Å²) in [4.78, 5) is 0. The SMILES string of the molecule is O[C@H](C[C@H]1CCC[C@@H](C[C@H](O)c2ccccc2)N1)c1ccccc1. The molecule has 24 heavy (non-hydrogen) atoms. The molecule has 4 atom stereocenters. The van der Waals surface area contributed by atoms with E-state index >= 15 is 0 Å². The van der Waals surface area contributed by atoms with Gasteiger partial charge in [-0.3, -0.25) is 0 Å². The number of hydrogen-bond donors (Lipinski definition) is 3. The zero-order chi connectivity index (χ0) is 16.8. The van der Waals surface area contributed by atoms with Crippen LogP contribution in [0.25, 0.3) is 0 Å². The maximum atomic E-state index is 10.4. The summed E-state index contributed by atoms with van der Waals surface area (Å²) < 4.78 is 0. The quantitative estimate of drug-likeness (QED) is 0.758. The molecule has 0 bridgehead atoms. The lowest BCUT2D eigenvalue weighted by molar-refractivity contribution is 0.116. The van der Waals surface area contributed by atoms with Crippen LogP contribution in [0, 0.1) is 0 Å². The molecule has 128 valence electrons. The van der Waals surface area contributed by atoms with E-state index in [1.165, 1.54) is 0 Å². The Kier molecular flexibility index (Phi) is 6.02. The molecule has 0 unspecified atom stereocenters. The average Bonchev–Trinajstić information content (AvgIpc) is 2.63.